The van der Waals surface area contributed by atoms with Crippen LogP contribution in [0.5, 0.6) is 0 Å². The third-order valence-corrected chi connectivity index (χ3v) is 6.04. The number of anilines is 1. The summed E-state index contributed by atoms with van der Waals surface area (Å²) in [5, 5.41) is 27.2. The van der Waals surface area contributed by atoms with Crippen LogP contribution in [0.2, 0.25) is 5.02 Å². The van der Waals surface area contributed by atoms with Crippen LogP contribution in [0.4, 0.5) is 5.69 Å². The molecule has 1 aliphatic heterocycles. The minimum absolute atomic E-state index is 0.279. The summed E-state index contributed by atoms with van der Waals surface area (Å²) >= 11 is 6.06. The van der Waals surface area contributed by atoms with Crippen molar-refractivity contribution >= 4 is 22.9 Å². The summed E-state index contributed by atoms with van der Waals surface area (Å²) in [6, 6.07) is 2.28. The molecule has 0 aliphatic carbocycles. The lowest BCUT2D eigenvalue weighted by Gasteiger charge is -2.25. The average Bonchev–Trinajstić information content (AvgIpc) is 3.45. The van der Waals surface area contributed by atoms with Gasteiger partial charge >= 0.3 is 0 Å². The number of fused-ring (bicyclic) bond motifs is 1. The van der Waals surface area contributed by atoms with Crippen LogP contribution < -0.4 is 5.32 Å². The average molecular weight is 483 g/mol. The minimum Gasteiger partial charge on any atom is -0.390 e. The summed E-state index contributed by atoms with van der Waals surface area (Å²) < 4.78 is 8.89. The van der Waals surface area contributed by atoms with Crippen LogP contribution in [0.25, 0.3) is 22.6 Å². The van der Waals surface area contributed by atoms with E-state index in [4.69, 9.17) is 21.3 Å². The smallest absolute Gasteiger partial charge is 0.164 e. The Bertz CT molecular complexity index is 1290. The van der Waals surface area contributed by atoms with E-state index in [0.29, 0.717) is 23.5 Å². The van der Waals surface area contributed by atoms with E-state index >= 15 is 0 Å². The summed E-state index contributed by atoms with van der Waals surface area (Å²) in [6.07, 6.45) is 11.8. The van der Waals surface area contributed by atoms with Crippen LogP contribution in [0, 0.1) is 0 Å². The third-order valence-electron chi connectivity index (χ3n) is 5.85. The van der Waals surface area contributed by atoms with Gasteiger partial charge in [-0.3, -0.25) is 4.98 Å². The van der Waals surface area contributed by atoms with E-state index in [1.54, 1.807) is 47.8 Å². The van der Waals surface area contributed by atoms with Crippen LogP contribution in [-0.2, 0) is 11.2 Å². The van der Waals surface area contributed by atoms with E-state index in [0.717, 1.165) is 54.4 Å². The number of hydrogen-bond acceptors (Lipinski definition) is 8. The van der Waals surface area contributed by atoms with Gasteiger partial charge in [0.25, 0.3) is 0 Å². The van der Waals surface area contributed by atoms with Crippen LogP contribution >= 0.6 is 11.6 Å². The Morgan fingerprint density at radius 1 is 1.18 bits per heavy atom. The molecule has 178 valence electrons. The molecule has 1 fully saturated rings. The van der Waals surface area contributed by atoms with Gasteiger partial charge in [0.05, 0.1) is 58.0 Å². The van der Waals surface area contributed by atoms with E-state index in [2.05, 4.69) is 25.7 Å². The zero-order chi connectivity index (χ0) is 23.7. The van der Waals surface area contributed by atoms with Gasteiger partial charge in [-0.05, 0) is 45.6 Å². The van der Waals surface area contributed by atoms with Gasteiger partial charge in [0.1, 0.15) is 5.69 Å². The Hall–Kier alpha value is -3.08. The zero-order valence-corrected chi connectivity index (χ0v) is 19.9. The molecule has 5 rings (SSSR count). The Morgan fingerprint density at radius 3 is 2.79 bits per heavy atom. The molecule has 0 amide bonds. The number of nitrogens with zero attached hydrogens (tertiary/aromatic N) is 7. The highest BCUT2D eigenvalue weighted by atomic mass is 35.5. The Morgan fingerprint density at radius 2 is 2.00 bits per heavy atom. The molecule has 4 aromatic heterocycles. The fraction of sp³-hybridized carbons (Fsp3) is 0.435. The molecular formula is C23H27ClN8O2. The second-order valence-electron chi connectivity index (χ2n) is 9.18. The van der Waals surface area contributed by atoms with Gasteiger partial charge in [-0.25, -0.2) is 14.2 Å². The summed E-state index contributed by atoms with van der Waals surface area (Å²) in [4.78, 5) is 9.13. The topological polar surface area (TPSA) is 115 Å². The van der Waals surface area contributed by atoms with Crippen molar-refractivity contribution in [1.29, 1.82) is 0 Å². The maximum absolute atomic E-state index is 10.0. The summed E-state index contributed by atoms with van der Waals surface area (Å²) in [5.74, 6) is 0. The molecule has 1 aliphatic rings. The number of ether oxygens (including phenoxy) is 1. The number of aryl methyl sites for hydroxylation is 1. The molecule has 5 heterocycles. The summed E-state index contributed by atoms with van der Waals surface area (Å²) in [5.41, 5.74) is 3.97. The molecule has 10 nitrogen and oxygen atoms in total. The molecule has 0 bridgehead atoms. The largest absolute Gasteiger partial charge is 0.390 e. The number of halogens is 1. The Kier molecular flexibility index (Phi) is 6.20. The van der Waals surface area contributed by atoms with Crippen LogP contribution in [0.1, 0.15) is 38.8 Å². The summed E-state index contributed by atoms with van der Waals surface area (Å²) in [6.45, 7) is 5.04. The monoisotopic (exact) mass is 482 g/mol. The normalized spacial score (nSPS) is 15.2. The SMILES string of the molecule is CC(C)(O)CCc1cn(-c2cnc(-c3cnn4cc(Cl)cnc34)cc2NC2CCOCC2)nn1. The fourth-order valence-electron chi connectivity index (χ4n) is 3.95. The van der Waals surface area contributed by atoms with Gasteiger partial charge in [-0.1, -0.05) is 16.8 Å². The van der Waals surface area contributed by atoms with E-state index < -0.39 is 5.60 Å². The number of nitrogens with one attached hydrogen (secondary N) is 1. The molecule has 0 atom stereocenters. The van der Waals surface area contributed by atoms with Crippen molar-refractivity contribution in [2.75, 3.05) is 18.5 Å². The Balaban J connectivity index is 1.50. The number of hydrogen-bond donors (Lipinski definition) is 2. The quantitative estimate of drug-likeness (QED) is 0.412. The molecule has 11 heteroatoms. The number of aliphatic hydroxyl groups is 1. The predicted octanol–water partition coefficient (Wildman–Crippen LogP) is 3.32. The molecule has 0 radical (unpaired) electrons. The second kappa shape index (κ2) is 9.28. The first-order chi connectivity index (χ1) is 16.4. The zero-order valence-electron chi connectivity index (χ0n) is 19.1. The number of rotatable bonds is 7. The minimum atomic E-state index is -0.755. The van der Waals surface area contributed by atoms with Gasteiger partial charge in [-0.2, -0.15) is 5.10 Å². The van der Waals surface area contributed by atoms with Crippen molar-refractivity contribution in [3.8, 4) is 16.9 Å². The molecule has 0 aromatic carbocycles. The van der Waals surface area contributed by atoms with E-state index in [1.807, 2.05) is 12.3 Å². The lowest BCUT2D eigenvalue weighted by atomic mass is 10.0. The van der Waals surface area contributed by atoms with Crippen molar-refractivity contribution in [2.45, 2.75) is 51.2 Å². The van der Waals surface area contributed by atoms with Gasteiger partial charge in [0.15, 0.2) is 5.65 Å². The van der Waals surface area contributed by atoms with Crippen molar-refractivity contribution < 1.29 is 9.84 Å². The number of pyridine rings is 1. The Labute approximate surface area is 201 Å². The van der Waals surface area contributed by atoms with Crippen molar-refractivity contribution in [1.82, 2.24) is 34.6 Å². The highest BCUT2D eigenvalue weighted by Crippen LogP contribution is 2.29. The molecule has 4 aromatic rings. The standard InChI is InChI=1S/C23H27ClN8O2/c1-23(2,33)6-3-17-14-31(30-29-17)21-12-25-19(9-20(21)28-16-4-7-34-8-5-16)18-11-27-32-13-15(24)10-26-22(18)32/h9-14,16,33H,3-8H2,1-2H3,(H,25,28). The molecule has 0 saturated carbocycles. The van der Waals surface area contributed by atoms with Gasteiger partial charge < -0.3 is 15.2 Å². The van der Waals surface area contributed by atoms with E-state index in [-0.39, 0.29) is 6.04 Å². The molecule has 0 unspecified atom stereocenters. The first-order valence-corrected chi connectivity index (χ1v) is 11.7. The molecule has 2 N–H and O–H groups in total. The van der Waals surface area contributed by atoms with Gasteiger partial charge in [-0.15, -0.1) is 5.10 Å². The molecule has 1 saturated heterocycles. The third kappa shape index (κ3) is 5.03. The van der Waals surface area contributed by atoms with Crippen LogP contribution in [0.3, 0.4) is 0 Å². The first-order valence-electron chi connectivity index (χ1n) is 11.3. The molecular weight excluding hydrogens is 456 g/mol. The predicted molar refractivity (Wildman–Crippen MR) is 128 cm³/mol. The van der Waals surface area contributed by atoms with Crippen LogP contribution in [0.15, 0.2) is 37.1 Å². The van der Waals surface area contributed by atoms with E-state index in [1.165, 1.54) is 0 Å². The highest BCUT2D eigenvalue weighted by Gasteiger charge is 2.20. The maximum Gasteiger partial charge on any atom is 0.164 e. The van der Waals surface area contributed by atoms with Crippen LogP contribution in [-0.4, -0.2) is 64.5 Å². The molecule has 0 spiro atoms. The summed E-state index contributed by atoms with van der Waals surface area (Å²) in [7, 11) is 0. The van der Waals surface area contributed by atoms with E-state index in [9.17, 15) is 5.11 Å². The van der Waals surface area contributed by atoms with Gasteiger partial charge in [0, 0.05) is 25.5 Å². The van der Waals surface area contributed by atoms with Crippen molar-refractivity contribution in [3.05, 3.63) is 47.8 Å². The van der Waals surface area contributed by atoms with Crippen molar-refractivity contribution in [3.63, 3.8) is 0 Å². The lowest BCUT2D eigenvalue weighted by Crippen LogP contribution is -2.28. The molecule has 34 heavy (non-hydrogen) atoms. The lowest BCUT2D eigenvalue weighted by molar-refractivity contribution is 0.0711. The van der Waals surface area contributed by atoms with Crippen molar-refractivity contribution in [2.24, 2.45) is 0 Å². The fourth-order valence-corrected chi connectivity index (χ4v) is 4.09. The second-order valence-corrected chi connectivity index (χ2v) is 9.62. The first kappa shape index (κ1) is 22.7. The highest BCUT2D eigenvalue weighted by molar-refractivity contribution is 6.30. The maximum atomic E-state index is 10.0. The number of aromatic nitrogens is 7. The van der Waals surface area contributed by atoms with Gasteiger partial charge in [0.2, 0.25) is 0 Å².